The van der Waals surface area contributed by atoms with Gasteiger partial charge in [0, 0.05) is 5.92 Å². The molecule has 3 nitrogen and oxygen atoms in total. The van der Waals surface area contributed by atoms with Gasteiger partial charge in [0.2, 0.25) is 5.24 Å². The van der Waals surface area contributed by atoms with Gasteiger partial charge >= 0.3 is 5.97 Å². The van der Waals surface area contributed by atoms with E-state index in [1.165, 1.54) is 6.92 Å². The number of rotatable bonds is 1. The Morgan fingerprint density at radius 1 is 1.64 bits per heavy atom. The number of carboxylic acid groups (broad SMARTS) is 1. The van der Waals surface area contributed by atoms with Crippen LogP contribution in [-0.2, 0) is 9.59 Å². The number of carboxylic acids is 1. The first-order valence-corrected chi connectivity index (χ1v) is 2.90. The zero-order chi connectivity index (χ0) is 9.28. The van der Waals surface area contributed by atoms with Crippen molar-refractivity contribution in [2.24, 2.45) is 0 Å². The molecule has 0 aliphatic heterocycles. The summed E-state index contributed by atoms with van der Waals surface area (Å²) in [6.45, 7) is 4.56. The number of hydrogen-bond donors (Lipinski definition) is 1. The molecule has 60 valence electrons. The maximum atomic E-state index is 9.46. The first-order chi connectivity index (χ1) is 5.04. The van der Waals surface area contributed by atoms with Crippen molar-refractivity contribution < 1.29 is 14.7 Å². The van der Waals surface area contributed by atoms with Crippen molar-refractivity contribution in [1.82, 2.24) is 0 Å². The lowest BCUT2D eigenvalue weighted by Crippen LogP contribution is -1.84. The summed E-state index contributed by atoms with van der Waals surface area (Å²) in [5, 5.41) is 7.23. The van der Waals surface area contributed by atoms with Crippen LogP contribution in [0.2, 0.25) is 0 Å². The highest BCUT2D eigenvalue weighted by atomic mass is 35.5. The summed E-state index contributed by atoms with van der Waals surface area (Å²) in [6, 6.07) is 0. The van der Waals surface area contributed by atoms with Crippen LogP contribution in [0.5, 0.6) is 0 Å². The van der Waals surface area contributed by atoms with Crippen LogP contribution in [0.4, 0.5) is 0 Å². The average molecular weight is 175 g/mol. The molecule has 0 aliphatic rings. The van der Waals surface area contributed by atoms with Gasteiger partial charge in [0.1, 0.15) is 0 Å². The molecule has 0 rings (SSSR count). The average Bonchev–Trinajstić information content (AvgIpc) is 1.89. The van der Waals surface area contributed by atoms with Crippen molar-refractivity contribution in [3.63, 3.8) is 0 Å². The van der Waals surface area contributed by atoms with Crippen LogP contribution in [0.15, 0.2) is 12.7 Å². The lowest BCUT2D eigenvalue weighted by molar-refractivity contribution is -0.130. The fraction of sp³-hybridized carbons (Fsp3) is 0.143. The van der Waals surface area contributed by atoms with Crippen LogP contribution in [0.3, 0.4) is 0 Å². The minimum Gasteiger partial charge on any atom is -0.472 e. The van der Waals surface area contributed by atoms with Crippen molar-refractivity contribution in [1.29, 1.82) is 0 Å². The zero-order valence-electron chi connectivity index (χ0n) is 5.93. The minimum absolute atomic E-state index is 0.509. The van der Waals surface area contributed by atoms with E-state index in [9.17, 15) is 9.59 Å². The lowest BCUT2D eigenvalue weighted by Gasteiger charge is -1.63. The summed E-state index contributed by atoms with van der Waals surface area (Å²) in [6.07, 6.45) is 1.04. The third kappa shape index (κ3) is 28.4. The quantitative estimate of drug-likeness (QED) is 0.367. The molecule has 0 aromatic heterocycles. The van der Waals surface area contributed by atoms with Gasteiger partial charge in [-0.15, -0.1) is 0 Å². The number of carbonyl (C=O) groups is 2. The van der Waals surface area contributed by atoms with E-state index < -0.39 is 11.2 Å². The highest BCUT2D eigenvalue weighted by Crippen LogP contribution is 1.74. The second-order valence-corrected chi connectivity index (χ2v) is 1.56. The zero-order valence-corrected chi connectivity index (χ0v) is 6.68. The van der Waals surface area contributed by atoms with Gasteiger partial charge in [-0.3, -0.25) is 4.79 Å². The van der Waals surface area contributed by atoms with Crippen LogP contribution >= 0.6 is 11.6 Å². The molecule has 0 saturated carbocycles. The van der Waals surface area contributed by atoms with Crippen LogP contribution in [0.25, 0.3) is 0 Å². The molecular weight excluding hydrogens is 168 g/mol. The Morgan fingerprint density at radius 3 is 2.00 bits per heavy atom. The van der Waals surface area contributed by atoms with E-state index in [0.717, 1.165) is 6.08 Å². The number of aliphatic carboxylic acids is 1. The fourth-order valence-electron chi connectivity index (χ4n) is 0.107. The summed E-state index contributed by atoms with van der Waals surface area (Å²) >= 11 is 4.71. The summed E-state index contributed by atoms with van der Waals surface area (Å²) in [5.41, 5.74) is 0. The van der Waals surface area contributed by atoms with E-state index >= 15 is 0 Å². The summed E-state index contributed by atoms with van der Waals surface area (Å²) in [5.74, 6) is 3.02. The van der Waals surface area contributed by atoms with Crippen LogP contribution < -0.4 is 0 Å². The number of hydrogen-bond acceptors (Lipinski definition) is 2. The van der Waals surface area contributed by atoms with Crippen molar-refractivity contribution in [3.8, 4) is 11.8 Å². The topological polar surface area (TPSA) is 54.4 Å². The first kappa shape index (κ1) is 12.4. The molecule has 0 aromatic carbocycles. The molecule has 0 saturated heterocycles. The van der Waals surface area contributed by atoms with Gasteiger partial charge in [0.25, 0.3) is 0 Å². The Labute approximate surface area is 69.7 Å². The molecule has 0 amide bonds. The number of allylic oxidation sites excluding steroid dienone is 1. The second-order valence-electron chi connectivity index (χ2n) is 1.19. The predicted molar refractivity (Wildman–Crippen MR) is 42.1 cm³/mol. The van der Waals surface area contributed by atoms with E-state index in [0.29, 0.717) is 0 Å². The van der Waals surface area contributed by atoms with Gasteiger partial charge in [-0.25, -0.2) is 4.79 Å². The maximum Gasteiger partial charge on any atom is 0.381 e. The maximum absolute atomic E-state index is 9.46. The molecule has 0 radical (unpaired) electrons. The minimum atomic E-state index is -1.07. The Hall–Kier alpha value is -1.27. The molecule has 0 fully saturated rings. The molecule has 4 heteroatoms. The molecule has 0 aromatic rings. The molecule has 0 unspecified atom stereocenters. The van der Waals surface area contributed by atoms with Gasteiger partial charge in [0.05, 0.1) is 0 Å². The first-order valence-electron chi connectivity index (χ1n) is 2.52. The van der Waals surface area contributed by atoms with Crippen LogP contribution in [0, 0.1) is 11.8 Å². The summed E-state index contributed by atoms with van der Waals surface area (Å²) < 4.78 is 0. The molecule has 0 bridgehead atoms. The molecule has 0 atom stereocenters. The van der Waals surface area contributed by atoms with Crippen LogP contribution in [-0.4, -0.2) is 16.3 Å². The third-order valence-electron chi connectivity index (χ3n) is 0.392. The second kappa shape index (κ2) is 8.73. The van der Waals surface area contributed by atoms with E-state index in [1.807, 2.05) is 5.92 Å². The standard InChI is InChI=1S/C4H4O2.C3H3ClO/c1-2-3-4(5)6;1-2-3(4)5/h1H3,(H,5,6);2H,1H2. The van der Waals surface area contributed by atoms with Crippen molar-refractivity contribution in [2.45, 2.75) is 6.92 Å². The van der Waals surface area contributed by atoms with Gasteiger partial charge in [-0.2, -0.15) is 0 Å². The van der Waals surface area contributed by atoms with Gasteiger partial charge in [-0.05, 0) is 24.6 Å². The highest BCUT2D eigenvalue weighted by Gasteiger charge is 1.76. The Bertz CT molecular complexity index is 209. The summed E-state index contributed by atoms with van der Waals surface area (Å²) in [4.78, 5) is 18.9. The highest BCUT2D eigenvalue weighted by molar-refractivity contribution is 6.66. The molecule has 0 heterocycles. The Kier molecular flexibility index (Phi) is 9.85. The molecule has 0 aliphatic carbocycles. The van der Waals surface area contributed by atoms with E-state index in [4.69, 9.17) is 16.7 Å². The third-order valence-corrected chi connectivity index (χ3v) is 0.547. The summed E-state index contributed by atoms with van der Waals surface area (Å²) in [7, 11) is 0. The normalized spacial score (nSPS) is 6.00. The molecule has 0 spiro atoms. The largest absolute Gasteiger partial charge is 0.472 e. The van der Waals surface area contributed by atoms with E-state index in [1.54, 1.807) is 0 Å². The molecule has 1 N–H and O–H groups in total. The monoisotopic (exact) mass is 174 g/mol. The van der Waals surface area contributed by atoms with Crippen molar-refractivity contribution in [3.05, 3.63) is 12.7 Å². The van der Waals surface area contributed by atoms with Crippen molar-refractivity contribution in [2.75, 3.05) is 0 Å². The Balaban J connectivity index is 0. The van der Waals surface area contributed by atoms with Gasteiger partial charge < -0.3 is 5.11 Å². The number of halogens is 1. The predicted octanol–water partition coefficient (Wildman–Crippen LogP) is 1.03. The SMILES string of the molecule is C=CC(=O)Cl.CC#CC(=O)O. The van der Waals surface area contributed by atoms with E-state index in [-0.39, 0.29) is 0 Å². The van der Waals surface area contributed by atoms with Gasteiger partial charge in [-0.1, -0.05) is 12.5 Å². The molecule has 11 heavy (non-hydrogen) atoms. The smallest absolute Gasteiger partial charge is 0.381 e. The van der Waals surface area contributed by atoms with E-state index in [2.05, 4.69) is 12.5 Å². The number of carbonyl (C=O) groups excluding carboxylic acids is 1. The molecular formula is C7H7ClO3. The van der Waals surface area contributed by atoms with Crippen LogP contribution in [0.1, 0.15) is 6.92 Å². The Morgan fingerprint density at radius 2 is 2.00 bits per heavy atom. The van der Waals surface area contributed by atoms with Gasteiger partial charge in [0.15, 0.2) is 0 Å². The lowest BCUT2D eigenvalue weighted by atomic mass is 10.6. The fourth-order valence-corrected chi connectivity index (χ4v) is 0.107. The van der Waals surface area contributed by atoms with Crippen molar-refractivity contribution >= 4 is 22.8 Å².